The van der Waals surface area contributed by atoms with Gasteiger partial charge in [0, 0.05) is 26.1 Å². The first kappa shape index (κ1) is 16.6. The van der Waals surface area contributed by atoms with E-state index in [1.165, 1.54) is 0 Å². The van der Waals surface area contributed by atoms with Gasteiger partial charge in [0.15, 0.2) is 0 Å². The molecular weight excluding hydrogens is 302 g/mol. The fourth-order valence-electron chi connectivity index (χ4n) is 2.73. The average Bonchev–Trinajstić information content (AvgIpc) is 2.53. The summed E-state index contributed by atoms with van der Waals surface area (Å²) in [6, 6.07) is 5.64. The summed E-state index contributed by atoms with van der Waals surface area (Å²) in [7, 11) is 1.65. The number of hydrogen-bond donors (Lipinski definition) is 2. The molecule has 0 aliphatic carbocycles. The van der Waals surface area contributed by atoms with Crippen molar-refractivity contribution in [3.8, 4) is 0 Å². The predicted octanol–water partition coefficient (Wildman–Crippen LogP) is 2.04. The normalized spacial score (nSPS) is 15.5. The number of benzene rings is 1. The Kier molecular flexibility index (Phi) is 5.66. The van der Waals surface area contributed by atoms with Gasteiger partial charge in [0.2, 0.25) is 11.8 Å². The number of aryl methyl sites for hydroxylation is 1. The summed E-state index contributed by atoms with van der Waals surface area (Å²) in [6.45, 7) is 3.42. The molecule has 0 spiro atoms. The van der Waals surface area contributed by atoms with Crippen molar-refractivity contribution < 1.29 is 9.59 Å². The lowest BCUT2D eigenvalue weighted by molar-refractivity contribution is -0.134. The maximum Gasteiger partial charge on any atom is 0.241 e. The van der Waals surface area contributed by atoms with Gasteiger partial charge in [-0.1, -0.05) is 23.7 Å². The molecule has 1 aliphatic rings. The van der Waals surface area contributed by atoms with Gasteiger partial charge >= 0.3 is 0 Å². The zero-order valence-electron chi connectivity index (χ0n) is 13.0. The summed E-state index contributed by atoms with van der Waals surface area (Å²) in [5.74, 6) is 0.124. The SMILES string of the molecule is CNC(=O)C1CCN(C(=O)CNc2c(C)cccc2Cl)CC1. The Morgan fingerprint density at radius 2 is 2.00 bits per heavy atom. The molecule has 1 heterocycles. The van der Waals surface area contributed by atoms with E-state index in [1.54, 1.807) is 18.0 Å². The van der Waals surface area contributed by atoms with Crippen molar-refractivity contribution in [1.29, 1.82) is 0 Å². The molecule has 1 saturated heterocycles. The summed E-state index contributed by atoms with van der Waals surface area (Å²) in [4.78, 5) is 25.7. The molecule has 0 unspecified atom stereocenters. The molecule has 5 nitrogen and oxygen atoms in total. The highest BCUT2D eigenvalue weighted by molar-refractivity contribution is 6.33. The number of anilines is 1. The lowest BCUT2D eigenvalue weighted by Crippen LogP contribution is -2.44. The van der Waals surface area contributed by atoms with Crippen LogP contribution in [0, 0.1) is 12.8 Å². The summed E-state index contributed by atoms with van der Waals surface area (Å²) in [5.41, 5.74) is 1.82. The number of nitrogens with one attached hydrogen (secondary N) is 2. The first-order chi connectivity index (χ1) is 10.5. The van der Waals surface area contributed by atoms with Crippen LogP contribution in [0.25, 0.3) is 0 Å². The van der Waals surface area contributed by atoms with Crippen LogP contribution in [0.15, 0.2) is 18.2 Å². The van der Waals surface area contributed by atoms with Gasteiger partial charge in [-0.3, -0.25) is 9.59 Å². The second-order valence-corrected chi connectivity index (χ2v) is 5.96. The molecule has 120 valence electrons. The molecule has 1 aromatic rings. The lowest BCUT2D eigenvalue weighted by Gasteiger charge is -2.31. The molecule has 2 amide bonds. The third kappa shape index (κ3) is 3.91. The zero-order valence-corrected chi connectivity index (χ0v) is 13.7. The van der Waals surface area contributed by atoms with Gasteiger partial charge < -0.3 is 15.5 Å². The van der Waals surface area contributed by atoms with Crippen molar-refractivity contribution in [2.45, 2.75) is 19.8 Å². The fraction of sp³-hybridized carbons (Fsp3) is 0.500. The van der Waals surface area contributed by atoms with Crippen molar-refractivity contribution in [3.63, 3.8) is 0 Å². The first-order valence-corrected chi connectivity index (χ1v) is 7.89. The average molecular weight is 324 g/mol. The standard InChI is InChI=1S/C16H22ClN3O2/c1-11-4-3-5-13(17)15(11)19-10-14(21)20-8-6-12(7-9-20)16(22)18-2/h3-5,12,19H,6-10H2,1-2H3,(H,18,22). The molecule has 1 fully saturated rings. The van der Waals surface area contributed by atoms with Crippen molar-refractivity contribution in [1.82, 2.24) is 10.2 Å². The molecule has 6 heteroatoms. The van der Waals surface area contributed by atoms with Gasteiger partial charge in [0.1, 0.15) is 0 Å². The van der Waals surface area contributed by atoms with Crippen LogP contribution < -0.4 is 10.6 Å². The van der Waals surface area contributed by atoms with E-state index < -0.39 is 0 Å². The van der Waals surface area contributed by atoms with Crippen molar-refractivity contribution in [3.05, 3.63) is 28.8 Å². The Labute approximate surface area is 136 Å². The van der Waals surface area contributed by atoms with E-state index in [-0.39, 0.29) is 24.3 Å². The number of para-hydroxylation sites is 1. The number of piperidine rings is 1. The van der Waals surface area contributed by atoms with Crippen LogP contribution >= 0.6 is 11.6 Å². The van der Waals surface area contributed by atoms with Crippen molar-refractivity contribution >= 4 is 29.1 Å². The Balaban J connectivity index is 1.85. The van der Waals surface area contributed by atoms with E-state index in [9.17, 15) is 9.59 Å². The Bertz CT molecular complexity index is 534. The molecule has 2 rings (SSSR count). The number of amides is 2. The number of carbonyl (C=O) groups excluding carboxylic acids is 2. The summed E-state index contributed by atoms with van der Waals surface area (Å²) in [6.07, 6.45) is 1.44. The monoisotopic (exact) mass is 323 g/mol. The number of likely N-dealkylation sites (tertiary alicyclic amines) is 1. The number of halogens is 1. The maximum absolute atomic E-state index is 12.3. The van der Waals surface area contributed by atoms with Gasteiger partial charge in [-0.05, 0) is 31.4 Å². The molecule has 0 atom stereocenters. The third-order valence-corrected chi connectivity index (χ3v) is 4.42. The second-order valence-electron chi connectivity index (χ2n) is 5.55. The van der Waals surface area contributed by atoms with E-state index in [1.807, 2.05) is 19.1 Å². The smallest absolute Gasteiger partial charge is 0.241 e. The molecule has 0 bridgehead atoms. The highest BCUT2D eigenvalue weighted by atomic mass is 35.5. The lowest BCUT2D eigenvalue weighted by atomic mass is 9.96. The van der Waals surface area contributed by atoms with Gasteiger partial charge in [0.05, 0.1) is 17.3 Å². The van der Waals surface area contributed by atoms with Crippen LogP contribution in [0.3, 0.4) is 0 Å². The number of rotatable bonds is 4. The Morgan fingerprint density at radius 3 is 2.59 bits per heavy atom. The third-order valence-electron chi connectivity index (χ3n) is 4.10. The van der Waals surface area contributed by atoms with E-state index in [0.29, 0.717) is 18.1 Å². The summed E-state index contributed by atoms with van der Waals surface area (Å²) in [5, 5.41) is 6.41. The number of hydrogen-bond acceptors (Lipinski definition) is 3. The number of carbonyl (C=O) groups is 2. The molecule has 1 aliphatic heterocycles. The van der Waals surface area contributed by atoms with Crippen LogP contribution in [0.1, 0.15) is 18.4 Å². The van der Waals surface area contributed by atoms with Crippen LogP contribution in [0.4, 0.5) is 5.69 Å². The highest BCUT2D eigenvalue weighted by Crippen LogP contribution is 2.25. The number of nitrogens with zero attached hydrogens (tertiary/aromatic N) is 1. The molecule has 0 aromatic heterocycles. The van der Waals surface area contributed by atoms with Crippen LogP contribution in [0.2, 0.25) is 5.02 Å². The van der Waals surface area contributed by atoms with Crippen molar-refractivity contribution in [2.24, 2.45) is 5.92 Å². The predicted molar refractivity (Wildman–Crippen MR) is 88.0 cm³/mol. The van der Waals surface area contributed by atoms with Gasteiger partial charge in [-0.25, -0.2) is 0 Å². The molecule has 22 heavy (non-hydrogen) atoms. The first-order valence-electron chi connectivity index (χ1n) is 7.51. The topological polar surface area (TPSA) is 61.4 Å². The summed E-state index contributed by atoms with van der Waals surface area (Å²) < 4.78 is 0. The Morgan fingerprint density at radius 1 is 1.32 bits per heavy atom. The van der Waals surface area contributed by atoms with Crippen LogP contribution in [-0.2, 0) is 9.59 Å². The van der Waals surface area contributed by atoms with Crippen molar-refractivity contribution in [2.75, 3.05) is 32.0 Å². The summed E-state index contributed by atoms with van der Waals surface area (Å²) >= 11 is 6.14. The zero-order chi connectivity index (χ0) is 16.1. The van der Waals surface area contributed by atoms with E-state index >= 15 is 0 Å². The maximum atomic E-state index is 12.3. The largest absolute Gasteiger partial charge is 0.375 e. The van der Waals surface area contributed by atoms with E-state index in [2.05, 4.69) is 10.6 Å². The molecule has 2 N–H and O–H groups in total. The quantitative estimate of drug-likeness (QED) is 0.891. The minimum absolute atomic E-state index is 0.0211. The van der Waals surface area contributed by atoms with Crippen LogP contribution in [0.5, 0.6) is 0 Å². The molecule has 0 saturated carbocycles. The highest BCUT2D eigenvalue weighted by Gasteiger charge is 2.26. The second kappa shape index (κ2) is 7.49. The van der Waals surface area contributed by atoms with E-state index in [0.717, 1.165) is 24.1 Å². The van der Waals surface area contributed by atoms with Gasteiger partial charge in [-0.2, -0.15) is 0 Å². The van der Waals surface area contributed by atoms with Gasteiger partial charge in [0.25, 0.3) is 0 Å². The molecule has 0 radical (unpaired) electrons. The minimum Gasteiger partial charge on any atom is -0.375 e. The van der Waals surface area contributed by atoms with E-state index in [4.69, 9.17) is 11.6 Å². The minimum atomic E-state index is 0.0211. The fourth-order valence-corrected chi connectivity index (χ4v) is 3.02. The van der Waals surface area contributed by atoms with Crippen LogP contribution in [-0.4, -0.2) is 43.4 Å². The molecule has 1 aromatic carbocycles. The van der Waals surface area contributed by atoms with Gasteiger partial charge in [-0.15, -0.1) is 0 Å². The molecular formula is C16H22ClN3O2. The Hall–Kier alpha value is -1.75.